The van der Waals surface area contributed by atoms with Gasteiger partial charge in [-0.2, -0.15) is 0 Å². The topological polar surface area (TPSA) is 66.5 Å². The molecule has 1 aliphatic heterocycles. The first kappa shape index (κ1) is 26.4. The number of likely N-dealkylation sites (tertiary alicyclic amines) is 1. The first-order valence-corrected chi connectivity index (χ1v) is 14.5. The number of hydrogen-bond donors (Lipinski definition) is 1. The van der Waals surface area contributed by atoms with Crippen molar-refractivity contribution in [3.8, 4) is 0 Å². The lowest BCUT2D eigenvalue weighted by molar-refractivity contribution is -0.185. The van der Waals surface area contributed by atoms with Crippen LogP contribution in [0.2, 0.25) is 0 Å². The molecule has 5 aliphatic rings. The standard InChI is InChI=1S/C31H43FN2O3/c1-19(2)27(35)26(21-10-6-5-7-11-21)33-28(36)23-13-8-12-22(25(23)32)24-14-9-15-34(30(24,3)4)29(37)31-16-20(17-31)18-31/h8,12-13,19-21,24,26H,5-7,9-11,14-18H2,1-4H3,(H,33,36)/t20?,24?,26-,31?/m1/s1. The maximum atomic E-state index is 16.1. The normalized spacial score (nSPS) is 29.7. The number of Topliss-reactive ketones (excluding diaryl/α,β-unsaturated/α-hetero) is 1. The molecule has 4 saturated carbocycles. The number of benzene rings is 1. The summed E-state index contributed by atoms with van der Waals surface area (Å²) >= 11 is 0. The Labute approximate surface area is 220 Å². The molecule has 0 spiro atoms. The SMILES string of the molecule is CC(C)C(=O)[C@H](NC(=O)c1cccc(C2CCCN(C(=O)C34CC(C3)C4)C2(C)C)c1F)C1CCCCC1. The van der Waals surface area contributed by atoms with Gasteiger partial charge in [-0.3, -0.25) is 14.4 Å². The van der Waals surface area contributed by atoms with Crippen LogP contribution in [0, 0.1) is 29.0 Å². The Morgan fingerprint density at radius 2 is 1.68 bits per heavy atom. The third-order valence-corrected chi connectivity index (χ3v) is 10.1. The van der Waals surface area contributed by atoms with Gasteiger partial charge in [-0.05, 0) is 82.3 Å². The Morgan fingerprint density at radius 3 is 2.27 bits per heavy atom. The van der Waals surface area contributed by atoms with Crippen molar-refractivity contribution in [2.24, 2.45) is 23.2 Å². The fourth-order valence-corrected chi connectivity index (χ4v) is 7.67. The van der Waals surface area contributed by atoms with Crippen LogP contribution in [0.25, 0.3) is 0 Å². The van der Waals surface area contributed by atoms with Crippen molar-refractivity contribution in [1.29, 1.82) is 0 Å². The van der Waals surface area contributed by atoms with Crippen molar-refractivity contribution >= 4 is 17.6 Å². The van der Waals surface area contributed by atoms with Crippen LogP contribution in [0.5, 0.6) is 0 Å². The van der Waals surface area contributed by atoms with Gasteiger partial charge in [0, 0.05) is 23.9 Å². The van der Waals surface area contributed by atoms with Gasteiger partial charge >= 0.3 is 0 Å². The number of ketones is 1. The molecular formula is C31H43FN2O3. The van der Waals surface area contributed by atoms with Crippen LogP contribution >= 0.6 is 0 Å². The van der Waals surface area contributed by atoms with Crippen LogP contribution in [0.3, 0.4) is 0 Å². The second-order valence-corrected chi connectivity index (χ2v) is 13.2. The quantitative estimate of drug-likeness (QED) is 0.488. The molecule has 6 rings (SSSR count). The second-order valence-electron chi connectivity index (χ2n) is 13.2. The van der Waals surface area contributed by atoms with E-state index in [2.05, 4.69) is 5.32 Å². The molecule has 2 atom stereocenters. The smallest absolute Gasteiger partial charge is 0.254 e. The van der Waals surface area contributed by atoms with Gasteiger partial charge < -0.3 is 10.2 Å². The van der Waals surface area contributed by atoms with E-state index in [1.54, 1.807) is 12.1 Å². The van der Waals surface area contributed by atoms with Gasteiger partial charge in [0.25, 0.3) is 5.91 Å². The minimum atomic E-state index is -0.580. The zero-order valence-corrected chi connectivity index (χ0v) is 22.9. The fraction of sp³-hybridized carbons (Fsp3) is 0.710. The summed E-state index contributed by atoms with van der Waals surface area (Å²) in [6.45, 7) is 8.52. The van der Waals surface area contributed by atoms with Crippen LogP contribution in [0.15, 0.2) is 18.2 Å². The number of nitrogens with one attached hydrogen (secondary N) is 1. The molecule has 5 fully saturated rings. The molecule has 0 aromatic heterocycles. The van der Waals surface area contributed by atoms with Gasteiger partial charge in [-0.25, -0.2) is 4.39 Å². The Morgan fingerprint density at radius 1 is 1.00 bits per heavy atom. The predicted molar refractivity (Wildman–Crippen MR) is 142 cm³/mol. The lowest BCUT2D eigenvalue weighted by atomic mass is 9.43. The van der Waals surface area contributed by atoms with Crippen molar-refractivity contribution in [2.75, 3.05) is 6.54 Å². The van der Waals surface area contributed by atoms with E-state index >= 15 is 4.39 Å². The summed E-state index contributed by atoms with van der Waals surface area (Å²) in [4.78, 5) is 42.0. The first-order chi connectivity index (χ1) is 17.5. The summed E-state index contributed by atoms with van der Waals surface area (Å²) in [6, 6.07) is 4.45. The van der Waals surface area contributed by atoms with Gasteiger partial charge in [-0.15, -0.1) is 0 Å². The van der Waals surface area contributed by atoms with Crippen LogP contribution in [0.4, 0.5) is 4.39 Å². The predicted octanol–water partition coefficient (Wildman–Crippen LogP) is 6.01. The third-order valence-electron chi connectivity index (χ3n) is 10.1. The van der Waals surface area contributed by atoms with Crippen molar-refractivity contribution in [3.05, 3.63) is 35.1 Å². The summed E-state index contributed by atoms with van der Waals surface area (Å²) in [5, 5.41) is 2.95. The zero-order chi connectivity index (χ0) is 26.5. The van der Waals surface area contributed by atoms with Gasteiger partial charge in [-0.1, -0.05) is 45.2 Å². The maximum Gasteiger partial charge on any atom is 0.254 e. The number of piperidine rings is 1. The molecule has 202 valence electrons. The van der Waals surface area contributed by atoms with Gasteiger partial charge in [0.05, 0.1) is 17.0 Å². The van der Waals surface area contributed by atoms with Gasteiger partial charge in [0.2, 0.25) is 5.91 Å². The number of nitrogens with zero attached hydrogens (tertiary/aromatic N) is 1. The first-order valence-electron chi connectivity index (χ1n) is 14.5. The van der Waals surface area contributed by atoms with Crippen molar-refractivity contribution in [3.63, 3.8) is 0 Å². The monoisotopic (exact) mass is 510 g/mol. The lowest BCUT2D eigenvalue weighted by Gasteiger charge is -2.63. The molecule has 6 heteroatoms. The van der Waals surface area contributed by atoms with Gasteiger partial charge in [0.1, 0.15) is 5.82 Å². The largest absolute Gasteiger partial charge is 0.342 e. The molecule has 0 radical (unpaired) electrons. The fourth-order valence-electron chi connectivity index (χ4n) is 7.67. The van der Waals surface area contributed by atoms with E-state index in [9.17, 15) is 14.4 Å². The van der Waals surface area contributed by atoms with E-state index in [1.807, 2.05) is 32.6 Å². The molecular weight excluding hydrogens is 467 g/mol. The van der Waals surface area contributed by atoms with Crippen molar-refractivity contribution in [2.45, 2.75) is 109 Å². The van der Waals surface area contributed by atoms with Crippen LogP contribution in [-0.2, 0) is 9.59 Å². The molecule has 1 unspecified atom stereocenters. The highest BCUT2D eigenvalue weighted by Gasteiger charge is 2.63. The lowest BCUT2D eigenvalue weighted by Crippen LogP contribution is -2.66. The third kappa shape index (κ3) is 4.52. The second kappa shape index (κ2) is 9.81. The molecule has 37 heavy (non-hydrogen) atoms. The molecule has 1 N–H and O–H groups in total. The van der Waals surface area contributed by atoms with E-state index in [0.29, 0.717) is 12.1 Å². The van der Waals surface area contributed by atoms with Gasteiger partial charge in [0.15, 0.2) is 5.78 Å². The number of carbonyl (C=O) groups excluding carboxylic acids is 3. The molecule has 1 aromatic rings. The number of amides is 2. The minimum Gasteiger partial charge on any atom is -0.342 e. The van der Waals surface area contributed by atoms with E-state index in [-0.39, 0.29) is 40.4 Å². The Kier molecular flexibility index (Phi) is 6.99. The number of rotatable bonds is 7. The van der Waals surface area contributed by atoms with Crippen molar-refractivity contribution in [1.82, 2.24) is 10.2 Å². The van der Waals surface area contributed by atoms with E-state index in [4.69, 9.17) is 0 Å². The van der Waals surface area contributed by atoms with Crippen LogP contribution in [0.1, 0.15) is 114 Å². The van der Waals surface area contributed by atoms with E-state index in [0.717, 1.165) is 70.1 Å². The molecule has 1 saturated heterocycles. The van der Waals surface area contributed by atoms with E-state index in [1.165, 1.54) is 6.07 Å². The highest BCUT2D eigenvalue weighted by Crippen LogP contribution is 2.65. The summed E-state index contributed by atoms with van der Waals surface area (Å²) in [6.07, 6.45) is 9.69. The highest BCUT2D eigenvalue weighted by atomic mass is 19.1. The van der Waals surface area contributed by atoms with Crippen LogP contribution < -0.4 is 5.32 Å². The minimum absolute atomic E-state index is 0.00598. The van der Waals surface area contributed by atoms with Crippen LogP contribution in [-0.4, -0.2) is 40.6 Å². The highest BCUT2D eigenvalue weighted by molar-refractivity contribution is 5.98. The average molecular weight is 511 g/mol. The Hall–Kier alpha value is -2.24. The maximum absolute atomic E-state index is 16.1. The summed E-state index contributed by atoms with van der Waals surface area (Å²) in [5.74, 6) is -0.341. The molecule has 1 heterocycles. The summed E-state index contributed by atoms with van der Waals surface area (Å²) in [7, 11) is 0. The Bertz CT molecular complexity index is 1060. The molecule has 4 aliphatic carbocycles. The molecule has 2 bridgehead atoms. The number of carbonyl (C=O) groups is 3. The zero-order valence-electron chi connectivity index (χ0n) is 22.9. The van der Waals surface area contributed by atoms with E-state index < -0.39 is 23.3 Å². The molecule has 1 aromatic carbocycles. The Balaban J connectivity index is 1.38. The summed E-state index contributed by atoms with van der Waals surface area (Å²) in [5.41, 5.74) is -0.217. The molecule has 5 nitrogen and oxygen atoms in total. The number of hydrogen-bond acceptors (Lipinski definition) is 3. The average Bonchev–Trinajstić information content (AvgIpc) is 2.80. The summed E-state index contributed by atoms with van der Waals surface area (Å²) < 4.78 is 16.1. The number of halogens is 1. The van der Waals surface area contributed by atoms with Crippen molar-refractivity contribution < 1.29 is 18.8 Å². The molecule has 2 amide bonds.